The molecule has 0 bridgehead atoms. The second kappa shape index (κ2) is 6.88. The molecule has 1 aliphatic rings. The van der Waals surface area contributed by atoms with Gasteiger partial charge in [0.1, 0.15) is 6.10 Å². The molecule has 1 fully saturated rings. The summed E-state index contributed by atoms with van der Waals surface area (Å²) in [5.41, 5.74) is -1.75. The molecule has 0 spiro atoms. The molecule has 1 aromatic carbocycles. The third-order valence-electron chi connectivity index (χ3n) is 4.52. The molecule has 1 aliphatic heterocycles. The summed E-state index contributed by atoms with van der Waals surface area (Å²) >= 11 is 2.80. The number of benzene rings is 1. The van der Waals surface area contributed by atoms with Crippen LogP contribution in [0.25, 0.3) is 10.1 Å². The Morgan fingerprint density at radius 2 is 1.96 bits per heavy atom. The maximum Gasteiger partial charge on any atom is 0.349 e. The summed E-state index contributed by atoms with van der Waals surface area (Å²) in [6, 6.07) is 13.4. The minimum Gasteiger partial charge on any atom is -0.460 e. The minimum atomic E-state index is -1.75. The van der Waals surface area contributed by atoms with Gasteiger partial charge in [-0.2, -0.15) is 0 Å². The second-order valence-electron chi connectivity index (χ2n) is 6.19. The van der Waals surface area contributed by atoms with Crippen molar-refractivity contribution >= 4 is 38.7 Å². The van der Waals surface area contributed by atoms with Crippen molar-refractivity contribution in [3.8, 4) is 0 Å². The fourth-order valence-electron chi connectivity index (χ4n) is 3.12. The quantitative estimate of drug-likeness (QED) is 0.688. The number of carbonyl (C=O) groups is 1. The Balaban J connectivity index is 1.73. The number of esters is 1. The van der Waals surface area contributed by atoms with Crippen molar-refractivity contribution < 1.29 is 14.6 Å². The fourth-order valence-corrected chi connectivity index (χ4v) is 5.16. The van der Waals surface area contributed by atoms with Gasteiger partial charge in [-0.15, -0.1) is 22.7 Å². The minimum absolute atomic E-state index is 0.144. The van der Waals surface area contributed by atoms with Gasteiger partial charge in [-0.3, -0.25) is 0 Å². The van der Waals surface area contributed by atoms with Crippen LogP contribution in [-0.4, -0.2) is 30.3 Å². The zero-order valence-corrected chi connectivity index (χ0v) is 15.2. The van der Waals surface area contributed by atoms with E-state index in [0.717, 1.165) is 36.0 Å². The molecule has 3 heterocycles. The van der Waals surface area contributed by atoms with Crippen molar-refractivity contribution in [2.75, 3.05) is 13.1 Å². The van der Waals surface area contributed by atoms with E-state index < -0.39 is 11.6 Å². The number of rotatable bonds is 4. The number of hydrogen-bond donors (Lipinski definition) is 2. The van der Waals surface area contributed by atoms with Crippen LogP contribution in [0.3, 0.4) is 0 Å². The lowest BCUT2D eigenvalue weighted by molar-refractivity contribution is -0.168. The van der Waals surface area contributed by atoms with Crippen LogP contribution in [-0.2, 0) is 15.1 Å². The van der Waals surface area contributed by atoms with Crippen LogP contribution >= 0.6 is 22.7 Å². The third kappa shape index (κ3) is 3.11. The molecule has 3 aromatic rings. The summed E-state index contributed by atoms with van der Waals surface area (Å²) in [5, 5.41) is 17.6. The topological polar surface area (TPSA) is 58.6 Å². The van der Waals surface area contributed by atoms with E-state index in [1.165, 1.54) is 22.7 Å². The molecule has 6 heteroatoms. The third-order valence-corrected chi connectivity index (χ3v) is 6.72. The van der Waals surface area contributed by atoms with Crippen LogP contribution in [0, 0.1) is 0 Å². The Morgan fingerprint density at radius 1 is 1.16 bits per heavy atom. The summed E-state index contributed by atoms with van der Waals surface area (Å²) in [7, 11) is 0. The van der Waals surface area contributed by atoms with E-state index >= 15 is 0 Å². The molecule has 4 rings (SSSR count). The number of fused-ring (bicyclic) bond motifs is 1. The molecule has 2 N–H and O–H groups in total. The summed E-state index contributed by atoms with van der Waals surface area (Å²) < 4.78 is 6.76. The van der Waals surface area contributed by atoms with E-state index in [-0.39, 0.29) is 6.10 Å². The Kier molecular flexibility index (Phi) is 4.60. The molecule has 130 valence electrons. The van der Waals surface area contributed by atoms with Crippen LogP contribution in [0.5, 0.6) is 0 Å². The summed E-state index contributed by atoms with van der Waals surface area (Å²) in [6.45, 7) is 1.66. The molecule has 0 radical (unpaired) electrons. The van der Waals surface area contributed by atoms with Gasteiger partial charge in [0.05, 0.1) is 9.75 Å². The highest BCUT2D eigenvalue weighted by Crippen LogP contribution is 2.40. The van der Waals surface area contributed by atoms with Crippen molar-refractivity contribution in [3.63, 3.8) is 0 Å². The first-order valence-electron chi connectivity index (χ1n) is 8.35. The Bertz CT molecular complexity index is 835. The zero-order chi connectivity index (χ0) is 17.3. The average Bonchev–Trinajstić information content (AvgIpc) is 3.31. The van der Waals surface area contributed by atoms with Crippen molar-refractivity contribution in [1.29, 1.82) is 0 Å². The number of aliphatic hydroxyl groups is 1. The lowest BCUT2D eigenvalue weighted by atomic mass is 9.99. The fraction of sp³-hybridized carbons (Fsp3) is 0.316. The predicted octanol–water partition coefficient (Wildman–Crippen LogP) is 3.49. The van der Waals surface area contributed by atoms with Gasteiger partial charge in [0.15, 0.2) is 0 Å². The summed E-state index contributed by atoms with van der Waals surface area (Å²) in [4.78, 5) is 14.2. The SMILES string of the molecule is O=C(OC1CCNCC1)[C@](O)(c1cccs1)c1cc2ccccc2s1. The maximum atomic E-state index is 13.0. The van der Waals surface area contributed by atoms with E-state index in [1.807, 2.05) is 41.8 Å². The standard InChI is InChI=1S/C19H19NO3S2/c21-18(23-14-7-9-20-10-8-14)19(22,16-6-3-11-24-16)17-12-13-4-1-2-5-15(13)25-17/h1-6,11-12,14,20,22H,7-10H2/t19-/m0/s1. The van der Waals surface area contributed by atoms with Crippen molar-refractivity contribution in [1.82, 2.24) is 5.32 Å². The maximum absolute atomic E-state index is 13.0. The van der Waals surface area contributed by atoms with Gasteiger partial charge in [-0.05, 0) is 54.9 Å². The van der Waals surface area contributed by atoms with Gasteiger partial charge in [-0.25, -0.2) is 4.79 Å². The number of piperidine rings is 1. The van der Waals surface area contributed by atoms with Gasteiger partial charge in [0, 0.05) is 4.70 Å². The molecule has 0 unspecified atom stereocenters. The van der Waals surface area contributed by atoms with E-state index in [0.29, 0.717) is 9.75 Å². The van der Waals surface area contributed by atoms with Crippen molar-refractivity contribution in [3.05, 3.63) is 57.6 Å². The molecule has 2 aromatic heterocycles. The van der Waals surface area contributed by atoms with Crippen LogP contribution in [0.2, 0.25) is 0 Å². The van der Waals surface area contributed by atoms with Crippen LogP contribution in [0.4, 0.5) is 0 Å². The molecule has 0 saturated carbocycles. The van der Waals surface area contributed by atoms with E-state index in [4.69, 9.17) is 4.74 Å². The van der Waals surface area contributed by atoms with Crippen molar-refractivity contribution in [2.45, 2.75) is 24.5 Å². The van der Waals surface area contributed by atoms with Crippen LogP contribution < -0.4 is 5.32 Å². The first-order chi connectivity index (χ1) is 12.2. The lowest BCUT2D eigenvalue weighted by Crippen LogP contribution is -2.42. The number of hydrogen-bond acceptors (Lipinski definition) is 6. The predicted molar refractivity (Wildman–Crippen MR) is 101 cm³/mol. The van der Waals surface area contributed by atoms with Gasteiger partial charge in [0.2, 0.25) is 5.60 Å². The van der Waals surface area contributed by atoms with E-state index in [2.05, 4.69) is 5.32 Å². The Hall–Kier alpha value is -1.73. The molecule has 0 amide bonds. The lowest BCUT2D eigenvalue weighted by Gasteiger charge is -2.29. The zero-order valence-electron chi connectivity index (χ0n) is 13.6. The molecule has 4 nitrogen and oxygen atoms in total. The second-order valence-corrected chi connectivity index (χ2v) is 8.22. The number of ether oxygens (including phenoxy) is 1. The highest BCUT2D eigenvalue weighted by atomic mass is 32.1. The monoisotopic (exact) mass is 373 g/mol. The molecule has 1 atom stereocenters. The highest BCUT2D eigenvalue weighted by molar-refractivity contribution is 7.19. The van der Waals surface area contributed by atoms with Gasteiger partial charge in [0.25, 0.3) is 0 Å². The Labute approximate surface area is 154 Å². The Morgan fingerprint density at radius 3 is 2.68 bits per heavy atom. The summed E-state index contributed by atoms with van der Waals surface area (Å²) in [6.07, 6.45) is 1.41. The van der Waals surface area contributed by atoms with Crippen LogP contribution in [0.1, 0.15) is 22.6 Å². The normalized spacial score (nSPS) is 18.1. The first kappa shape index (κ1) is 16.7. The molecule has 25 heavy (non-hydrogen) atoms. The molecule has 0 aliphatic carbocycles. The average molecular weight is 373 g/mol. The number of carbonyl (C=O) groups excluding carboxylic acids is 1. The van der Waals surface area contributed by atoms with Crippen molar-refractivity contribution in [2.24, 2.45) is 0 Å². The first-order valence-corrected chi connectivity index (χ1v) is 10.0. The smallest absolute Gasteiger partial charge is 0.349 e. The largest absolute Gasteiger partial charge is 0.460 e. The number of thiophene rings is 2. The van der Waals surface area contributed by atoms with Gasteiger partial charge < -0.3 is 15.2 Å². The van der Waals surface area contributed by atoms with E-state index in [1.54, 1.807) is 6.07 Å². The van der Waals surface area contributed by atoms with Gasteiger partial charge >= 0.3 is 5.97 Å². The summed E-state index contributed by atoms with van der Waals surface area (Å²) in [5.74, 6) is -0.576. The molecular weight excluding hydrogens is 354 g/mol. The van der Waals surface area contributed by atoms with Gasteiger partial charge in [-0.1, -0.05) is 24.3 Å². The molecular formula is C19H19NO3S2. The van der Waals surface area contributed by atoms with Crippen LogP contribution in [0.15, 0.2) is 47.8 Å². The highest BCUT2D eigenvalue weighted by Gasteiger charge is 2.45. The van der Waals surface area contributed by atoms with E-state index in [9.17, 15) is 9.90 Å². The number of nitrogens with one attached hydrogen (secondary N) is 1. The molecule has 1 saturated heterocycles.